The Bertz CT molecular complexity index is 128. The molecule has 2 N–H and O–H groups in total. The van der Waals surface area contributed by atoms with E-state index in [-0.39, 0.29) is 4.32 Å². The van der Waals surface area contributed by atoms with Crippen molar-refractivity contribution in [3.8, 4) is 0 Å². The summed E-state index contributed by atoms with van der Waals surface area (Å²) in [6.45, 7) is 0. The molecule has 0 atom stereocenters. The maximum atomic E-state index is 4.71. The van der Waals surface area contributed by atoms with Gasteiger partial charge in [0.1, 0.15) is 4.32 Å². The summed E-state index contributed by atoms with van der Waals surface area (Å²) in [7, 11) is 0. The highest BCUT2D eigenvalue weighted by atomic mass is 32.1. The van der Waals surface area contributed by atoms with Gasteiger partial charge in [-0.3, -0.25) is 4.98 Å². The van der Waals surface area contributed by atoms with Gasteiger partial charge in [0.15, 0.2) is 0 Å². The van der Waals surface area contributed by atoms with Crippen LogP contribution in [0.25, 0.3) is 0 Å². The standard InChI is InChI=1S/C3H3NS.CH3NS2/c1-2-5-3-4-1;2-1(3)4/h1-3H;(H3,2,3,4). The lowest BCUT2D eigenvalue weighted by Crippen LogP contribution is -1.94. The van der Waals surface area contributed by atoms with Crippen LogP contribution in [-0.4, -0.2) is 9.30 Å². The van der Waals surface area contributed by atoms with E-state index in [2.05, 4.69) is 29.8 Å². The van der Waals surface area contributed by atoms with Crippen LogP contribution in [0.3, 0.4) is 0 Å². The first-order chi connectivity index (χ1) is 4.23. The third-order valence-electron chi connectivity index (χ3n) is 0.347. The monoisotopic (exact) mass is 178 g/mol. The number of aromatic nitrogens is 1. The molecule has 1 aromatic heterocycles. The number of thiocarbonyl (C=S) groups is 1. The van der Waals surface area contributed by atoms with Crippen LogP contribution in [0.5, 0.6) is 0 Å². The normalized spacial score (nSPS) is 7.22. The molecule has 0 aromatic carbocycles. The molecule has 9 heavy (non-hydrogen) atoms. The van der Waals surface area contributed by atoms with E-state index in [1.165, 1.54) is 0 Å². The summed E-state index contributed by atoms with van der Waals surface area (Å²) in [4.78, 5) is 3.74. The molecular weight excluding hydrogens is 172 g/mol. The van der Waals surface area contributed by atoms with Gasteiger partial charge in [-0.25, -0.2) is 0 Å². The fraction of sp³-hybridized carbons (Fsp3) is 0. The Kier molecular flexibility index (Phi) is 5.91. The predicted octanol–water partition coefficient (Wildman–Crippen LogP) is 1.30. The second kappa shape index (κ2) is 6.00. The second-order valence-electron chi connectivity index (χ2n) is 1.01. The summed E-state index contributed by atoms with van der Waals surface area (Å²) in [6, 6.07) is 0. The lowest BCUT2D eigenvalue weighted by Gasteiger charge is -1.64. The summed E-state index contributed by atoms with van der Waals surface area (Å²) in [5.74, 6) is 0. The molecule has 0 unspecified atom stereocenters. The Hall–Kier alpha value is -0.130. The van der Waals surface area contributed by atoms with Gasteiger partial charge >= 0.3 is 0 Å². The number of hydrogen-bond acceptors (Lipinski definition) is 3. The zero-order valence-electron chi connectivity index (χ0n) is 4.52. The topological polar surface area (TPSA) is 38.9 Å². The first-order valence-electron chi connectivity index (χ1n) is 2.04. The number of rotatable bonds is 0. The smallest absolute Gasteiger partial charge is 0.128 e. The summed E-state index contributed by atoms with van der Waals surface area (Å²) in [5.41, 5.74) is 6.50. The van der Waals surface area contributed by atoms with Gasteiger partial charge in [0.05, 0.1) is 5.51 Å². The van der Waals surface area contributed by atoms with Crippen LogP contribution in [0.4, 0.5) is 0 Å². The minimum Gasteiger partial charge on any atom is -0.385 e. The second-order valence-corrected chi connectivity index (χ2v) is 2.99. The molecule has 0 radical (unpaired) electrons. The predicted molar refractivity (Wildman–Crippen MR) is 47.9 cm³/mol. The molecule has 0 aliphatic carbocycles. The van der Waals surface area contributed by atoms with Gasteiger partial charge in [-0.2, -0.15) is 0 Å². The number of nitrogens with two attached hydrogens (primary N) is 1. The molecule has 0 bridgehead atoms. The van der Waals surface area contributed by atoms with Crippen molar-refractivity contribution in [3.63, 3.8) is 0 Å². The molecule has 1 rings (SSSR count). The summed E-state index contributed by atoms with van der Waals surface area (Å²) < 4.78 is 0.194. The van der Waals surface area contributed by atoms with Gasteiger partial charge < -0.3 is 5.73 Å². The van der Waals surface area contributed by atoms with E-state index in [0.29, 0.717) is 0 Å². The molecule has 0 saturated carbocycles. The van der Waals surface area contributed by atoms with Crippen LogP contribution in [0, 0.1) is 0 Å². The molecule has 2 nitrogen and oxygen atoms in total. The van der Waals surface area contributed by atoms with Crippen LogP contribution < -0.4 is 5.73 Å². The van der Waals surface area contributed by atoms with E-state index >= 15 is 0 Å². The third kappa shape index (κ3) is 11.4. The van der Waals surface area contributed by atoms with Crippen LogP contribution in [-0.2, 0) is 0 Å². The molecule has 1 heterocycles. The van der Waals surface area contributed by atoms with Gasteiger partial charge in [-0.15, -0.1) is 24.0 Å². The zero-order valence-corrected chi connectivity index (χ0v) is 7.05. The largest absolute Gasteiger partial charge is 0.385 e. The van der Waals surface area contributed by atoms with Crippen molar-refractivity contribution in [3.05, 3.63) is 17.1 Å². The van der Waals surface area contributed by atoms with Gasteiger partial charge in [-0.1, -0.05) is 12.2 Å². The van der Waals surface area contributed by atoms with E-state index in [1.807, 2.05) is 5.38 Å². The number of nitrogens with zero attached hydrogens (tertiary/aromatic N) is 1. The van der Waals surface area contributed by atoms with Crippen molar-refractivity contribution in [1.29, 1.82) is 0 Å². The zero-order chi connectivity index (χ0) is 7.11. The Morgan fingerprint density at radius 2 is 2.33 bits per heavy atom. The molecule has 5 heteroatoms. The number of hydrogen-bond donors (Lipinski definition) is 2. The Labute approximate surface area is 68.5 Å². The lowest BCUT2D eigenvalue weighted by molar-refractivity contribution is 1.43. The van der Waals surface area contributed by atoms with Crippen molar-refractivity contribution in [2.24, 2.45) is 5.73 Å². The van der Waals surface area contributed by atoms with Gasteiger partial charge in [0, 0.05) is 11.6 Å². The summed E-state index contributed by atoms with van der Waals surface area (Å²) in [6.07, 6.45) is 1.77. The summed E-state index contributed by atoms with van der Waals surface area (Å²) in [5, 5.41) is 1.93. The van der Waals surface area contributed by atoms with Crippen molar-refractivity contribution in [2.75, 3.05) is 0 Å². The first-order valence-corrected chi connectivity index (χ1v) is 3.84. The average Bonchev–Trinajstić information content (AvgIpc) is 2.11. The molecule has 0 fully saturated rings. The van der Waals surface area contributed by atoms with Crippen molar-refractivity contribution >= 4 is 40.5 Å². The van der Waals surface area contributed by atoms with E-state index in [1.54, 1.807) is 23.0 Å². The van der Waals surface area contributed by atoms with E-state index in [4.69, 9.17) is 5.73 Å². The third-order valence-corrected chi connectivity index (χ3v) is 0.869. The molecule has 0 amide bonds. The minimum absolute atomic E-state index is 0.194. The molecule has 50 valence electrons. The highest BCUT2D eigenvalue weighted by Crippen LogP contribution is 1.85. The van der Waals surface area contributed by atoms with Gasteiger partial charge in [-0.05, 0) is 0 Å². The number of thiazole rings is 1. The Morgan fingerprint density at radius 3 is 2.44 bits per heavy atom. The van der Waals surface area contributed by atoms with Gasteiger partial charge in [0.25, 0.3) is 0 Å². The van der Waals surface area contributed by atoms with E-state index in [9.17, 15) is 0 Å². The minimum atomic E-state index is 0.194. The molecule has 0 spiro atoms. The van der Waals surface area contributed by atoms with Crippen LogP contribution in [0.15, 0.2) is 17.1 Å². The molecule has 0 aliphatic rings. The lowest BCUT2D eigenvalue weighted by atomic mass is 11.0. The Morgan fingerprint density at radius 1 is 1.78 bits per heavy atom. The van der Waals surface area contributed by atoms with Crippen LogP contribution >= 0.6 is 36.2 Å². The SMILES string of the molecule is NC(=S)S.c1cscn1. The van der Waals surface area contributed by atoms with Crippen molar-refractivity contribution in [1.82, 2.24) is 4.98 Å². The molecular formula is C4H6N2S3. The fourth-order valence-corrected chi connectivity index (χ4v) is 0.527. The highest BCUT2D eigenvalue weighted by molar-refractivity contribution is 8.10. The van der Waals surface area contributed by atoms with E-state index < -0.39 is 0 Å². The molecule has 1 aromatic rings. The van der Waals surface area contributed by atoms with Crippen LogP contribution in [0.1, 0.15) is 0 Å². The highest BCUT2D eigenvalue weighted by Gasteiger charge is 1.59. The van der Waals surface area contributed by atoms with E-state index in [0.717, 1.165) is 0 Å². The number of thiol groups is 1. The van der Waals surface area contributed by atoms with Gasteiger partial charge in [0.2, 0.25) is 0 Å². The fourth-order valence-electron chi connectivity index (χ4n) is 0.176. The van der Waals surface area contributed by atoms with Crippen LogP contribution in [0.2, 0.25) is 0 Å². The molecule has 0 aliphatic heterocycles. The molecule has 0 saturated heterocycles. The quantitative estimate of drug-likeness (QED) is 0.464. The maximum Gasteiger partial charge on any atom is 0.128 e. The maximum absolute atomic E-state index is 4.71. The average molecular weight is 178 g/mol. The first kappa shape index (κ1) is 8.87. The summed E-state index contributed by atoms with van der Waals surface area (Å²) >= 11 is 9.26. The Balaban J connectivity index is 0.000000148. The van der Waals surface area contributed by atoms with Crippen molar-refractivity contribution < 1.29 is 0 Å². The van der Waals surface area contributed by atoms with Crippen molar-refractivity contribution in [2.45, 2.75) is 0 Å².